The highest BCUT2D eigenvalue weighted by Crippen LogP contribution is 2.18. The molecule has 0 aliphatic rings. The minimum Gasteiger partial charge on any atom is -0.399 e. The number of carbonyl (C=O) groups is 2. The Kier molecular flexibility index (Phi) is 5.08. The number of hydrogen-bond acceptors (Lipinski definition) is 4. The lowest BCUT2D eigenvalue weighted by Gasteiger charge is -2.10. The first-order chi connectivity index (χ1) is 12.9. The number of benzene rings is 3. The Morgan fingerprint density at radius 1 is 0.741 bits per heavy atom. The first-order valence-electron chi connectivity index (χ1n) is 8.37. The van der Waals surface area contributed by atoms with Gasteiger partial charge in [0.25, 0.3) is 11.8 Å². The summed E-state index contributed by atoms with van der Waals surface area (Å²) >= 11 is 0. The van der Waals surface area contributed by atoms with Crippen LogP contribution in [0.3, 0.4) is 0 Å². The lowest BCUT2D eigenvalue weighted by Crippen LogP contribution is -2.14. The van der Waals surface area contributed by atoms with Crippen molar-refractivity contribution < 1.29 is 9.59 Å². The fraction of sp³-hybridized carbons (Fsp3) is 0.0476. The highest BCUT2D eigenvalue weighted by molar-refractivity contribution is 6.07. The third-order valence-corrected chi connectivity index (χ3v) is 4.04. The number of nitrogen functional groups attached to an aromatic ring is 2. The molecule has 0 aliphatic carbocycles. The van der Waals surface area contributed by atoms with Gasteiger partial charge in [-0.15, -0.1) is 0 Å². The molecule has 0 fully saturated rings. The monoisotopic (exact) mass is 360 g/mol. The van der Waals surface area contributed by atoms with Crippen LogP contribution in [-0.2, 0) is 0 Å². The molecule has 0 spiro atoms. The van der Waals surface area contributed by atoms with Gasteiger partial charge in [-0.25, -0.2) is 0 Å². The van der Waals surface area contributed by atoms with Crippen molar-refractivity contribution in [2.45, 2.75) is 6.92 Å². The zero-order valence-electron chi connectivity index (χ0n) is 14.8. The molecular formula is C21H20N4O2. The van der Waals surface area contributed by atoms with Gasteiger partial charge in [-0.3, -0.25) is 9.59 Å². The van der Waals surface area contributed by atoms with Crippen LogP contribution in [0.4, 0.5) is 22.7 Å². The van der Waals surface area contributed by atoms with Gasteiger partial charge in [0.2, 0.25) is 0 Å². The number of anilines is 4. The van der Waals surface area contributed by atoms with Crippen molar-refractivity contribution in [1.82, 2.24) is 0 Å². The predicted molar refractivity (Wildman–Crippen MR) is 109 cm³/mol. The predicted octanol–water partition coefficient (Wildman–Crippen LogP) is 3.66. The van der Waals surface area contributed by atoms with Crippen LogP contribution in [0.15, 0.2) is 66.7 Å². The maximum atomic E-state index is 12.4. The summed E-state index contributed by atoms with van der Waals surface area (Å²) < 4.78 is 0. The fourth-order valence-corrected chi connectivity index (χ4v) is 2.62. The number of nitrogens with one attached hydrogen (secondary N) is 2. The van der Waals surface area contributed by atoms with Gasteiger partial charge in [-0.1, -0.05) is 18.2 Å². The van der Waals surface area contributed by atoms with Crippen molar-refractivity contribution >= 4 is 34.6 Å². The highest BCUT2D eigenvalue weighted by Gasteiger charge is 2.10. The molecular weight excluding hydrogens is 340 g/mol. The first kappa shape index (κ1) is 18.0. The second kappa shape index (κ2) is 7.61. The Morgan fingerprint density at radius 2 is 1.33 bits per heavy atom. The van der Waals surface area contributed by atoms with Crippen LogP contribution < -0.4 is 22.1 Å². The summed E-state index contributed by atoms with van der Waals surface area (Å²) in [6, 6.07) is 18.9. The van der Waals surface area contributed by atoms with Gasteiger partial charge in [0.15, 0.2) is 0 Å². The lowest BCUT2D eigenvalue weighted by molar-refractivity contribution is 0.102. The van der Waals surface area contributed by atoms with E-state index in [1.807, 2.05) is 31.2 Å². The average molecular weight is 360 g/mol. The third kappa shape index (κ3) is 4.43. The van der Waals surface area contributed by atoms with E-state index in [0.717, 1.165) is 11.3 Å². The van der Waals surface area contributed by atoms with Gasteiger partial charge in [-0.2, -0.15) is 0 Å². The normalized spacial score (nSPS) is 10.3. The van der Waals surface area contributed by atoms with Crippen LogP contribution in [0, 0.1) is 6.92 Å². The largest absolute Gasteiger partial charge is 0.399 e. The van der Waals surface area contributed by atoms with E-state index in [0.29, 0.717) is 28.2 Å². The molecule has 0 atom stereocenters. The van der Waals surface area contributed by atoms with Gasteiger partial charge < -0.3 is 22.1 Å². The van der Waals surface area contributed by atoms with Crippen molar-refractivity contribution in [2.75, 3.05) is 22.1 Å². The second-order valence-corrected chi connectivity index (χ2v) is 6.19. The number of hydrogen-bond donors (Lipinski definition) is 4. The molecule has 0 bridgehead atoms. The number of amides is 2. The Hall–Kier alpha value is -3.80. The third-order valence-electron chi connectivity index (χ3n) is 4.04. The standard InChI is InChI=1S/C21H20N4O2/c1-13-4-2-3-5-19(13)25-20(26)14-6-8-18(9-7-14)24-21(27)15-10-16(22)12-17(23)11-15/h2-12H,22-23H2,1H3,(H,24,27)(H,25,26). The van der Waals surface area contributed by atoms with E-state index in [1.54, 1.807) is 42.5 Å². The van der Waals surface area contributed by atoms with Gasteiger partial charge in [0.1, 0.15) is 0 Å². The van der Waals surface area contributed by atoms with Gasteiger partial charge in [0.05, 0.1) is 0 Å². The molecule has 136 valence electrons. The molecule has 0 aromatic heterocycles. The smallest absolute Gasteiger partial charge is 0.255 e. The van der Waals surface area contributed by atoms with E-state index in [-0.39, 0.29) is 11.8 Å². The van der Waals surface area contributed by atoms with Crippen molar-refractivity contribution in [3.8, 4) is 0 Å². The molecule has 3 aromatic rings. The Balaban J connectivity index is 1.69. The summed E-state index contributed by atoms with van der Waals surface area (Å²) in [5.41, 5.74) is 15.4. The summed E-state index contributed by atoms with van der Waals surface area (Å²) in [7, 11) is 0. The summed E-state index contributed by atoms with van der Waals surface area (Å²) in [4.78, 5) is 24.7. The minimum absolute atomic E-state index is 0.217. The molecule has 0 saturated heterocycles. The number of rotatable bonds is 4. The summed E-state index contributed by atoms with van der Waals surface area (Å²) in [5, 5.41) is 5.63. The zero-order valence-corrected chi connectivity index (χ0v) is 14.8. The summed E-state index contributed by atoms with van der Waals surface area (Å²) in [6.07, 6.45) is 0. The van der Waals surface area contributed by atoms with Crippen LogP contribution in [0.25, 0.3) is 0 Å². The highest BCUT2D eigenvalue weighted by atomic mass is 16.2. The lowest BCUT2D eigenvalue weighted by atomic mass is 10.1. The molecule has 0 heterocycles. The maximum absolute atomic E-state index is 12.4. The zero-order chi connectivity index (χ0) is 19.4. The molecule has 0 saturated carbocycles. The Labute approximate surface area is 157 Å². The molecule has 3 rings (SSSR count). The topological polar surface area (TPSA) is 110 Å². The van der Waals surface area contributed by atoms with Crippen LogP contribution in [0.2, 0.25) is 0 Å². The molecule has 6 N–H and O–H groups in total. The molecule has 0 unspecified atom stereocenters. The minimum atomic E-state index is -0.328. The van der Waals surface area contributed by atoms with Crippen LogP contribution in [-0.4, -0.2) is 11.8 Å². The van der Waals surface area contributed by atoms with E-state index >= 15 is 0 Å². The van der Waals surface area contributed by atoms with Gasteiger partial charge in [0, 0.05) is 33.9 Å². The fourth-order valence-electron chi connectivity index (χ4n) is 2.62. The van der Waals surface area contributed by atoms with Gasteiger partial charge in [-0.05, 0) is 61.0 Å². The van der Waals surface area contributed by atoms with E-state index in [9.17, 15) is 9.59 Å². The van der Waals surface area contributed by atoms with E-state index in [4.69, 9.17) is 11.5 Å². The van der Waals surface area contributed by atoms with E-state index < -0.39 is 0 Å². The van der Waals surface area contributed by atoms with Crippen molar-refractivity contribution in [1.29, 1.82) is 0 Å². The molecule has 6 nitrogen and oxygen atoms in total. The molecule has 6 heteroatoms. The Bertz CT molecular complexity index is 977. The first-order valence-corrected chi connectivity index (χ1v) is 8.37. The maximum Gasteiger partial charge on any atom is 0.255 e. The van der Waals surface area contributed by atoms with E-state index in [2.05, 4.69) is 10.6 Å². The number of carbonyl (C=O) groups excluding carboxylic acids is 2. The Morgan fingerprint density at radius 3 is 1.96 bits per heavy atom. The van der Waals surface area contributed by atoms with Crippen LogP contribution in [0.5, 0.6) is 0 Å². The molecule has 2 amide bonds. The van der Waals surface area contributed by atoms with Crippen molar-refractivity contribution in [3.63, 3.8) is 0 Å². The average Bonchev–Trinajstić information content (AvgIpc) is 2.63. The molecule has 0 aliphatic heterocycles. The van der Waals surface area contributed by atoms with Crippen LogP contribution in [0.1, 0.15) is 26.3 Å². The molecule has 27 heavy (non-hydrogen) atoms. The summed E-state index contributed by atoms with van der Waals surface area (Å²) in [5.74, 6) is -0.545. The van der Waals surface area contributed by atoms with Gasteiger partial charge >= 0.3 is 0 Å². The number of aryl methyl sites for hydroxylation is 1. The van der Waals surface area contributed by atoms with Crippen molar-refractivity contribution in [3.05, 3.63) is 83.4 Å². The molecule has 3 aromatic carbocycles. The number of nitrogens with two attached hydrogens (primary N) is 2. The van der Waals surface area contributed by atoms with E-state index in [1.165, 1.54) is 0 Å². The van der Waals surface area contributed by atoms with Crippen molar-refractivity contribution in [2.24, 2.45) is 0 Å². The summed E-state index contributed by atoms with van der Waals surface area (Å²) in [6.45, 7) is 1.93. The SMILES string of the molecule is Cc1ccccc1NC(=O)c1ccc(NC(=O)c2cc(N)cc(N)c2)cc1. The number of para-hydroxylation sites is 1. The quantitative estimate of drug-likeness (QED) is 0.532. The second-order valence-electron chi connectivity index (χ2n) is 6.19. The molecule has 0 radical (unpaired) electrons. The van der Waals surface area contributed by atoms with Crippen LogP contribution >= 0.6 is 0 Å².